The Balaban J connectivity index is 1.53. The van der Waals surface area contributed by atoms with Gasteiger partial charge in [0.15, 0.2) is 23.1 Å². The molecule has 1 amide bonds. The second-order valence-electron chi connectivity index (χ2n) is 8.82. The van der Waals surface area contributed by atoms with Crippen LogP contribution in [0.15, 0.2) is 52.2 Å². The van der Waals surface area contributed by atoms with Crippen LogP contribution in [0, 0.1) is 11.7 Å². The number of anilines is 1. The van der Waals surface area contributed by atoms with E-state index in [9.17, 15) is 18.8 Å². The number of hydrogen-bond acceptors (Lipinski definition) is 9. The zero-order valence-electron chi connectivity index (χ0n) is 21.9. The lowest BCUT2D eigenvalue weighted by molar-refractivity contribution is 0.210. The van der Waals surface area contributed by atoms with E-state index < -0.39 is 29.0 Å². The number of methoxy groups -OCH3 is 2. The first kappa shape index (κ1) is 27.1. The summed E-state index contributed by atoms with van der Waals surface area (Å²) in [6.07, 6.45) is 0.416. The summed E-state index contributed by atoms with van der Waals surface area (Å²) < 4.78 is 38.2. The molecule has 39 heavy (non-hydrogen) atoms. The Hall–Kier alpha value is -4.94. The lowest BCUT2D eigenvalue weighted by Crippen LogP contribution is -2.42. The summed E-state index contributed by atoms with van der Waals surface area (Å²) in [5.74, 6) is -0.255. The van der Waals surface area contributed by atoms with Crippen LogP contribution in [0.4, 0.5) is 14.9 Å². The van der Waals surface area contributed by atoms with Crippen molar-refractivity contribution >= 4 is 22.7 Å². The third-order valence-electron chi connectivity index (χ3n) is 5.52. The molecule has 0 aliphatic rings. The third-order valence-corrected chi connectivity index (χ3v) is 5.52. The molecule has 0 radical (unpaired) electrons. The highest BCUT2D eigenvalue weighted by molar-refractivity contribution is 5.88. The Morgan fingerprint density at radius 2 is 1.74 bits per heavy atom. The van der Waals surface area contributed by atoms with Crippen LogP contribution >= 0.6 is 0 Å². The van der Waals surface area contributed by atoms with Gasteiger partial charge in [0, 0.05) is 43.0 Å². The monoisotopic (exact) mass is 539 g/mol. The van der Waals surface area contributed by atoms with E-state index >= 15 is 0 Å². The van der Waals surface area contributed by atoms with Crippen molar-refractivity contribution in [1.82, 2.24) is 19.3 Å². The van der Waals surface area contributed by atoms with Crippen LogP contribution < -0.4 is 35.5 Å². The highest BCUT2D eigenvalue weighted by Gasteiger charge is 2.18. The number of benzene rings is 2. The van der Waals surface area contributed by atoms with E-state index in [1.807, 2.05) is 13.8 Å². The van der Waals surface area contributed by atoms with Crippen LogP contribution in [0.1, 0.15) is 13.8 Å². The van der Waals surface area contributed by atoms with E-state index in [-0.39, 0.29) is 23.9 Å². The maximum absolute atomic E-state index is 14.9. The Morgan fingerprint density at radius 3 is 2.41 bits per heavy atom. The molecule has 0 saturated carbocycles. The molecule has 0 unspecified atom stereocenters. The van der Waals surface area contributed by atoms with Crippen molar-refractivity contribution < 1.29 is 28.1 Å². The lowest BCUT2D eigenvalue weighted by Gasteiger charge is -2.13. The Kier molecular flexibility index (Phi) is 7.79. The number of rotatable bonds is 8. The van der Waals surface area contributed by atoms with Crippen molar-refractivity contribution in [2.45, 2.75) is 20.4 Å². The first-order chi connectivity index (χ1) is 18.6. The van der Waals surface area contributed by atoms with Gasteiger partial charge in [-0.25, -0.2) is 18.7 Å². The number of pyridine rings is 1. The van der Waals surface area contributed by atoms with Gasteiger partial charge in [-0.2, -0.15) is 0 Å². The lowest BCUT2D eigenvalue weighted by atomic mass is 10.2. The van der Waals surface area contributed by atoms with Crippen LogP contribution in [0.3, 0.4) is 0 Å². The molecule has 1 N–H and O–H groups in total. The molecule has 0 spiro atoms. The molecule has 0 bridgehead atoms. The van der Waals surface area contributed by atoms with Crippen molar-refractivity contribution in [2.75, 3.05) is 19.5 Å². The molecule has 2 heterocycles. The molecule has 2 aromatic heterocycles. The van der Waals surface area contributed by atoms with Crippen molar-refractivity contribution in [2.24, 2.45) is 13.0 Å². The minimum Gasteiger partial charge on any atom is -0.493 e. The minimum absolute atomic E-state index is 0.0156. The van der Waals surface area contributed by atoms with E-state index in [2.05, 4.69) is 15.4 Å². The second kappa shape index (κ2) is 11.2. The summed E-state index contributed by atoms with van der Waals surface area (Å²) in [5.41, 5.74) is -0.913. The zero-order chi connectivity index (χ0) is 28.3. The van der Waals surface area contributed by atoms with Gasteiger partial charge in [0.05, 0.1) is 19.7 Å². The van der Waals surface area contributed by atoms with Crippen molar-refractivity contribution in [3.8, 4) is 28.9 Å². The molecule has 4 aromatic rings. The molecule has 2 aromatic carbocycles. The molecule has 204 valence electrons. The third kappa shape index (κ3) is 5.81. The maximum atomic E-state index is 14.9. The number of amides is 1. The smallest absolute Gasteiger partial charge is 0.418 e. The van der Waals surface area contributed by atoms with Gasteiger partial charge in [-0.3, -0.25) is 19.7 Å². The highest BCUT2D eigenvalue weighted by atomic mass is 19.1. The van der Waals surface area contributed by atoms with Gasteiger partial charge in [-0.05, 0) is 30.2 Å². The number of aryl methyl sites for hydroxylation is 1. The molecule has 0 aliphatic carbocycles. The molecule has 4 rings (SSSR count). The van der Waals surface area contributed by atoms with Crippen LogP contribution in [0.25, 0.3) is 10.9 Å². The fourth-order valence-electron chi connectivity index (χ4n) is 3.74. The van der Waals surface area contributed by atoms with Gasteiger partial charge >= 0.3 is 23.2 Å². The molecule has 0 aliphatic heterocycles. The average molecular weight is 540 g/mol. The summed E-state index contributed by atoms with van der Waals surface area (Å²) in [4.78, 5) is 41.5. The Bertz CT molecular complexity index is 1670. The number of halogens is 1. The highest BCUT2D eigenvalue weighted by Crippen LogP contribution is 2.37. The molecular weight excluding hydrogens is 513 g/mol. The number of carbonyl (C=O) groups is 1. The average Bonchev–Trinajstić information content (AvgIpc) is 2.90. The molecule has 13 heteroatoms. The molecular formula is C26H26FN5O7. The fourth-order valence-corrected chi connectivity index (χ4v) is 3.74. The van der Waals surface area contributed by atoms with Gasteiger partial charge in [0.1, 0.15) is 5.75 Å². The molecule has 12 nitrogen and oxygen atoms in total. The van der Waals surface area contributed by atoms with E-state index in [1.165, 1.54) is 39.6 Å². The summed E-state index contributed by atoms with van der Waals surface area (Å²) in [5, 5.41) is 6.61. The van der Waals surface area contributed by atoms with Crippen LogP contribution in [0.2, 0.25) is 0 Å². The number of aromatic nitrogens is 4. The first-order valence-electron chi connectivity index (χ1n) is 11.8. The number of ether oxygens (including phenoxy) is 4. The van der Waals surface area contributed by atoms with Crippen LogP contribution in [0.5, 0.6) is 28.9 Å². The number of nitrogens with zero attached hydrogens (tertiary/aromatic N) is 4. The van der Waals surface area contributed by atoms with Crippen molar-refractivity contribution in [3.05, 3.63) is 69.3 Å². The van der Waals surface area contributed by atoms with E-state index in [0.29, 0.717) is 28.2 Å². The normalized spacial score (nSPS) is 10.9. The van der Waals surface area contributed by atoms with E-state index in [1.54, 1.807) is 18.2 Å². The Labute approximate surface area is 221 Å². The maximum Gasteiger partial charge on any atom is 0.418 e. The SMILES string of the molecule is COc1cc2nccc(Oc3ccc(NC(=O)Oc4nn(C)c(=O)n(CC(C)C)c4=O)cc3F)c2cc1OC. The van der Waals surface area contributed by atoms with Crippen molar-refractivity contribution in [3.63, 3.8) is 0 Å². The van der Waals surface area contributed by atoms with E-state index in [0.717, 1.165) is 15.3 Å². The van der Waals surface area contributed by atoms with Crippen LogP contribution in [-0.4, -0.2) is 39.6 Å². The van der Waals surface area contributed by atoms with Gasteiger partial charge in [0.25, 0.3) is 0 Å². The number of fused-ring (bicyclic) bond motifs is 1. The number of hydrogen-bond donors (Lipinski definition) is 1. The summed E-state index contributed by atoms with van der Waals surface area (Å²) in [7, 11) is 4.33. The van der Waals surface area contributed by atoms with Gasteiger partial charge < -0.3 is 18.9 Å². The van der Waals surface area contributed by atoms with Crippen molar-refractivity contribution in [1.29, 1.82) is 0 Å². The first-order valence-corrected chi connectivity index (χ1v) is 11.8. The van der Waals surface area contributed by atoms with Gasteiger partial charge in [0.2, 0.25) is 0 Å². The minimum atomic E-state index is -1.09. The largest absolute Gasteiger partial charge is 0.493 e. The molecule has 0 atom stereocenters. The predicted octanol–water partition coefficient (Wildman–Crippen LogP) is 3.71. The fraction of sp³-hybridized carbons (Fsp3) is 0.269. The summed E-state index contributed by atoms with van der Waals surface area (Å²) in [6.45, 7) is 3.77. The number of carbonyl (C=O) groups excluding carboxylic acids is 1. The molecule has 0 fully saturated rings. The second-order valence-corrected chi connectivity index (χ2v) is 8.82. The standard InChI is InChI=1S/C26H26FN5O7/c1-14(2)13-32-24(33)23(30-31(3)26(32)35)39-25(34)29-15-6-7-20(17(27)10-15)38-19-8-9-28-18-12-22(37-5)21(36-4)11-16(18)19/h6-12,14H,13H2,1-5H3,(H,29,34). The predicted molar refractivity (Wildman–Crippen MR) is 140 cm³/mol. The summed E-state index contributed by atoms with van der Waals surface area (Å²) >= 11 is 0. The topological polar surface area (TPSA) is 136 Å². The summed E-state index contributed by atoms with van der Waals surface area (Å²) in [6, 6.07) is 8.64. The number of nitrogens with one attached hydrogen (secondary N) is 1. The quantitative estimate of drug-likeness (QED) is 0.355. The molecule has 0 saturated heterocycles. The van der Waals surface area contributed by atoms with Gasteiger partial charge in [-0.15, -0.1) is 5.10 Å². The van der Waals surface area contributed by atoms with Crippen LogP contribution in [-0.2, 0) is 13.6 Å². The van der Waals surface area contributed by atoms with E-state index in [4.69, 9.17) is 18.9 Å². The Morgan fingerprint density at radius 1 is 1.03 bits per heavy atom. The zero-order valence-corrected chi connectivity index (χ0v) is 21.9. The van der Waals surface area contributed by atoms with Gasteiger partial charge in [-0.1, -0.05) is 13.8 Å².